The molecule has 0 aromatic rings. The van der Waals surface area contributed by atoms with E-state index in [2.05, 4.69) is 19.2 Å². The molecular weight excluding hydrogens is 204 g/mol. The summed E-state index contributed by atoms with van der Waals surface area (Å²) in [6, 6.07) is -0.443. The monoisotopic (exact) mass is 228 g/mol. The molecule has 1 N–H and O–H groups in total. The van der Waals surface area contributed by atoms with Crippen LogP contribution >= 0.6 is 0 Å². The number of rotatable bonds is 5. The van der Waals surface area contributed by atoms with Crippen LogP contribution in [0.3, 0.4) is 0 Å². The lowest BCUT2D eigenvalue weighted by atomic mass is 9.94. The van der Waals surface area contributed by atoms with Crippen molar-refractivity contribution in [3.8, 4) is 0 Å². The Labute approximate surface area is 98.4 Å². The number of hydrogen-bond donors (Lipinski definition) is 1. The summed E-state index contributed by atoms with van der Waals surface area (Å²) in [5.74, 6) is 0.682. The molecule has 0 saturated heterocycles. The minimum Gasteiger partial charge on any atom is -0.347 e. The van der Waals surface area contributed by atoms with E-state index in [1.165, 1.54) is 4.90 Å². The molecule has 2 amide bonds. The van der Waals surface area contributed by atoms with Crippen LogP contribution in [0.15, 0.2) is 0 Å². The van der Waals surface area contributed by atoms with Crippen LogP contribution < -0.4 is 5.32 Å². The summed E-state index contributed by atoms with van der Waals surface area (Å²) < 4.78 is 0. The van der Waals surface area contributed by atoms with E-state index >= 15 is 0 Å². The van der Waals surface area contributed by atoms with Crippen LogP contribution in [0.1, 0.15) is 34.1 Å². The maximum atomic E-state index is 11.6. The van der Waals surface area contributed by atoms with Crippen LogP contribution in [0.5, 0.6) is 0 Å². The molecule has 0 bridgehead atoms. The van der Waals surface area contributed by atoms with Gasteiger partial charge in [-0.05, 0) is 18.8 Å². The van der Waals surface area contributed by atoms with E-state index in [1.807, 2.05) is 6.92 Å². The summed E-state index contributed by atoms with van der Waals surface area (Å²) >= 11 is 0. The SMILES string of the molecule is CC(C)[C@H](C)CC(=O)N[C@H](C)C(=O)N(C)C. The molecule has 94 valence electrons. The lowest BCUT2D eigenvalue weighted by Crippen LogP contribution is -2.44. The third-order valence-electron chi connectivity index (χ3n) is 2.83. The Morgan fingerprint density at radius 3 is 2.00 bits per heavy atom. The van der Waals surface area contributed by atoms with Crippen molar-refractivity contribution in [2.45, 2.75) is 40.2 Å². The minimum absolute atomic E-state index is 0.0519. The van der Waals surface area contributed by atoms with Gasteiger partial charge in [0.1, 0.15) is 6.04 Å². The topological polar surface area (TPSA) is 49.4 Å². The van der Waals surface area contributed by atoms with Gasteiger partial charge in [-0.1, -0.05) is 20.8 Å². The van der Waals surface area contributed by atoms with Crippen molar-refractivity contribution < 1.29 is 9.59 Å². The zero-order chi connectivity index (χ0) is 12.9. The normalized spacial score (nSPS) is 14.4. The first-order chi connectivity index (χ1) is 7.25. The maximum absolute atomic E-state index is 11.6. The van der Waals surface area contributed by atoms with E-state index in [0.29, 0.717) is 18.3 Å². The Morgan fingerprint density at radius 1 is 1.12 bits per heavy atom. The molecule has 16 heavy (non-hydrogen) atoms. The van der Waals surface area contributed by atoms with Crippen molar-refractivity contribution in [3.63, 3.8) is 0 Å². The number of nitrogens with zero attached hydrogens (tertiary/aromatic N) is 1. The molecule has 0 aromatic heterocycles. The average molecular weight is 228 g/mol. The Morgan fingerprint density at radius 2 is 1.62 bits per heavy atom. The van der Waals surface area contributed by atoms with Gasteiger partial charge in [0, 0.05) is 20.5 Å². The second-order valence-electron chi connectivity index (χ2n) is 4.95. The Hall–Kier alpha value is -1.06. The van der Waals surface area contributed by atoms with Crippen molar-refractivity contribution in [1.82, 2.24) is 10.2 Å². The van der Waals surface area contributed by atoms with Gasteiger partial charge in [0.15, 0.2) is 0 Å². The van der Waals surface area contributed by atoms with Crippen molar-refractivity contribution in [2.24, 2.45) is 11.8 Å². The first kappa shape index (κ1) is 14.9. The molecule has 4 heteroatoms. The standard InChI is InChI=1S/C12H24N2O2/c1-8(2)9(3)7-11(15)13-10(4)12(16)14(5)6/h8-10H,7H2,1-6H3,(H,13,15)/t9-,10-/m1/s1. The lowest BCUT2D eigenvalue weighted by Gasteiger charge is -2.20. The molecule has 0 aliphatic heterocycles. The molecule has 0 heterocycles. The molecule has 0 aromatic carbocycles. The molecule has 0 aliphatic rings. The second kappa shape index (κ2) is 6.51. The van der Waals surface area contributed by atoms with Gasteiger partial charge in [-0.2, -0.15) is 0 Å². The summed E-state index contributed by atoms with van der Waals surface area (Å²) in [7, 11) is 3.36. The van der Waals surface area contributed by atoms with Crippen LogP contribution in [0.2, 0.25) is 0 Å². The van der Waals surface area contributed by atoms with Crippen molar-refractivity contribution >= 4 is 11.8 Å². The van der Waals surface area contributed by atoms with Gasteiger partial charge in [-0.3, -0.25) is 9.59 Å². The number of amides is 2. The summed E-state index contributed by atoms with van der Waals surface area (Å²) in [6.07, 6.45) is 0.475. The maximum Gasteiger partial charge on any atom is 0.244 e. The largest absolute Gasteiger partial charge is 0.347 e. The predicted molar refractivity (Wildman–Crippen MR) is 64.9 cm³/mol. The molecule has 0 saturated carbocycles. The van der Waals surface area contributed by atoms with E-state index in [1.54, 1.807) is 21.0 Å². The van der Waals surface area contributed by atoms with Crippen molar-refractivity contribution in [1.29, 1.82) is 0 Å². The number of carbonyl (C=O) groups is 2. The van der Waals surface area contributed by atoms with Crippen molar-refractivity contribution in [2.75, 3.05) is 14.1 Å². The van der Waals surface area contributed by atoms with Gasteiger partial charge >= 0.3 is 0 Å². The summed E-state index contributed by atoms with van der Waals surface area (Å²) in [6.45, 7) is 7.93. The molecule has 0 spiro atoms. The molecular formula is C12H24N2O2. The van der Waals surface area contributed by atoms with Crippen LogP contribution in [-0.4, -0.2) is 36.9 Å². The van der Waals surface area contributed by atoms with Crippen molar-refractivity contribution in [3.05, 3.63) is 0 Å². The van der Waals surface area contributed by atoms with E-state index in [9.17, 15) is 9.59 Å². The minimum atomic E-state index is -0.443. The fourth-order valence-corrected chi connectivity index (χ4v) is 1.28. The number of carbonyl (C=O) groups excluding carboxylic acids is 2. The molecule has 0 rings (SSSR count). The quantitative estimate of drug-likeness (QED) is 0.770. The fraction of sp³-hybridized carbons (Fsp3) is 0.833. The highest BCUT2D eigenvalue weighted by Crippen LogP contribution is 2.13. The van der Waals surface area contributed by atoms with Gasteiger partial charge in [-0.15, -0.1) is 0 Å². The van der Waals surface area contributed by atoms with Gasteiger partial charge < -0.3 is 10.2 Å². The highest BCUT2D eigenvalue weighted by molar-refractivity contribution is 5.87. The third-order valence-corrected chi connectivity index (χ3v) is 2.83. The zero-order valence-corrected chi connectivity index (χ0v) is 11.2. The van der Waals surface area contributed by atoms with Gasteiger partial charge in [0.05, 0.1) is 0 Å². The fourth-order valence-electron chi connectivity index (χ4n) is 1.28. The van der Waals surface area contributed by atoms with Crippen LogP contribution in [0.25, 0.3) is 0 Å². The highest BCUT2D eigenvalue weighted by Gasteiger charge is 2.19. The van der Waals surface area contributed by atoms with E-state index in [-0.39, 0.29) is 11.8 Å². The third kappa shape index (κ3) is 5.14. The highest BCUT2D eigenvalue weighted by atomic mass is 16.2. The predicted octanol–water partition coefficient (Wildman–Crippen LogP) is 1.26. The van der Waals surface area contributed by atoms with Crippen LogP contribution in [0.4, 0.5) is 0 Å². The van der Waals surface area contributed by atoms with E-state index in [4.69, 9.17) is 0 Å². The number of nitrogens with one attached hydrogen (secondary N) is 1. The smallest absolute Gasteiger partial charge is 0.244 e. The lowest BCUT2D eigenvalue weighted by molar-refractivity contribution is -0.134. The number of likely N-dealkylation sites (N-methyl/N-ethyl adjacent to an activating group) is 1. The Balaban J connectivity index is 4.10. The van der Waals surface area contributed by atoms with E-state index < -0.39 is 6.04 Å². The second-order valence-corrected chi connectivity index (χ2v) is 4.95. The first-order valence-electron chi connectivity index (χ1n) is 5.76. The zero-order valence-electron chi connectivity index (χ0n) is 11.2. The van der Waals surface area contributed by atoms with Crippen LogP contribution in [0, 0.1) is 11.8 Å². The number of hydrogen-bond acceptors (Lipinski definition) is 2. The van der Waals surface area contributed by atoms with Crippen LogP contribution in [-0.2, 0) is 9.59 Å². The molecule has 0 unspecified atom stereocenters. The van der Waals surface area contributed by atoms with E-state index in [0.717, 1.165) is 0 Å². The van der Waals surface area contributed by atoms with Gasteiger partial charge in [-0.25, -0.2) is 0 Å². The molecule has 0 fully saturated rings. The first-order valence-corrected chi connectivity index (χ1v) is 5.76. The molecule has 0 radical (unpaired) electrons. The molecule has 4 nitrogen and oxygen atoms in total. The summed E-state index contributed by atoms with van der Waals surface area (Å²) in [5, 5.41) is 2.72. The summed E-state index contributed by atoms with van der Waals surface area (Å²) in [5.41, 5.74) is 0. The summed E-state index contributed by atoms with van der Waals surface area (Å²) in [4.78, 5) is 24.6. The Bertz CT molecular complexity index is 249. The Kier molecular flexibility index (Phi) is 6.08. The molecule has 2 atom stereocenters. The average Bonchev–Trinajstić information content (AvgIpc) is 2.15. The van der Waals surface area contributed by atoms with Gasteiger partial charge in [0.2, 0.25) is 11.8 Å². The van der Waals surface area contributed by atoms with Gasteiger partial charge in [0.25, 0.3) is 0 Å². The molecule has 0 aliphatic carbocycles.